The smallest absolute Gasteiger partial charge is 0.0726 e. The van der Waals surface area contributed by atoms with Crippen molar-refractivity contribution in [3.63, 3.8) is 0 Å². The fourth-order valence-corrected chi connectivity index (χ4v) is 2.50. The molecule has 2 aromatic rings. The fourth-order valence-electron chi connectivity index (χ4n) is 2.50. The number of nitrogens with one attached hydrogen (secondary N) is 2. The van der Waals surface area contributed by atoms with Gasteiger partial charge in [-0.25, -0.2) is 0 Å². The van der Waals surface area contributed by atoms with Gasteiger partial charge in [0, 0.05) is 32.0 Å². The third-order valence-electron chi connectivity index (χ3n) is 3.49. The number of nitrogens with zero attached hydrogens (tertiary/aromatic N) is 2. The molecule has 0 radical (unpaired) electrons. The van der Waals surface area contributed by atoms with Gasteiger partial charge in [-0.15, -0.1) is 0 Å². The topological polar surface area (TPSA) is 44.0 Å². The first-order valence-corrected chi connectivity index (χ1v) is 6.38. The Labute approximate surface area is 107 Å². The van der Waals surface area contributed by atoms with Gasteiger partial charge in [-0.1, -0.05) is 12.1 Å². The second-order valence-corrected chi connectivity index (χ2v) is 4.83. The molecule has 3 rings (SSSR count). The Morgan fingerprint density at radius 3 is 3.22 bits per heavy atom. The molecule has 0 spiro atoms. The third kappa shape index (κ3) is 2.18. The van der Waals surface area contributed by atoms with Gasteiger partial charge in [0.05, 0.1) is 11.9 Å². The minimum atomic E-state index is 0.844. The maximum Gasteiger partial charge on any atom is 0.0726 e. The Morgan fingerprint density at radius 1 is 1.44 bits per heavy atom. The van der Waals surface area contributed by atoms with Crippen LogP contribution in [0.1, 0.15) is 17.5 Å². The molecule has 1 aromatic heterocycles. The number of rotatable bonds is 3. The Kier molecular flexibility index (Phi) is 2.92. The number of benzene rings is 1. The summed E-state index contributed by atoms with van der Waals surface area (Å²) in [6.45, 7) is 2.01. The van der Waals surface area contributed by atoms with E-state index in [1.807, 2.05) is 6.20 Å². The van der Waals surface area contributed by atoms with Gasteiger partial charge in [-0.05, 0) is 30.0 Å². The molecule has 0 fully saturated rings. The van der Waals surface area contributed by atoms with E-state index in [4.69, 9.17) is 0 Å². The molecule has 0 amide bonds. The molecule has 0 saturated heterocycles. The molecular weight excluding hydrogens is 224 g/mol. The second-order valence-electron chi connectivity index (χ2n) is 4.83. The second kappa shape index (κ2) is 4.72. The summed E-state index contributed by atoms with van der Waals surface area (Å²) in [6.07, 6.45) is 6.11. The highest BCUT2D eigenvalue weighted by Gasteiger charge is 2.13. The van der Waals surface area contributed by atoms with Gasteiger partial charge in [0.25, 0.3) is 0 Å². The van der Waals surface area contributed by atoms with E-state index in [1.165, 1.54) is 36.2 Å². The van der Waals surface area contributed by atoms with E-state index in [-0.39, 0.29) is 0 Å². The first kappa shape index (κ1) is 11.1. The molecule has 0 bridgehead atoms. The molecule has 0 saturated carbocycles. The van der Waals surface area contributed by atoms with Gasteiger partial charge in [-0.2, -0.15) is 5.10 Å². The van der Waals surface area contributed by atoms with Crippen molar-refractivity contribution in [3.05, 3.63) is 41.7 Å². The average Bonchev–Trinajstić information content (AvgIpc) is 2.90. The lowest BCUT2D eigenvalue weighted by atomic mass is 9.99. The first-order valence-electron chi connectivity index (χ1n) is 6.38. The van der Waals surface area contributed by atoms with E-state index in [1.54, 1.807) is 6.20 Å². The molecule has 0 atom stereocenters. The molecule has 2 heterocycles. The van der Waals surface area contributed by atoms with Gasteiger partial charge in [0.2, 0.25) is 0 Å². The van der Waals surface area contributed by atoms with Gasteiger partial charge >= 0.3 is 0 Å². The zero-order valence-electron chi connectivity index (χ0n) is 10.6. The van der Waals surface area contributed by atoms with Crippen molar-refractivity contribution in [2.75, 3.05) is 23.8 Å². The van der Waals surface area contributed by atoms with Crippen molar-refractivity contribution in [1.82, 2.24) is 10.2 Å². The summed E-state index contributed by atoms with van der Waals surface area (Å²) in [6, 6.07) is 6.76. The summed E-state index contributed by atoms with van der Waals surface area (Å²) >= 11 is 0. The Balaban J connectivity index is 1.74. The van der Waals surface area contributed by atoms with Crippen LogP contribution in [0, 0.1) is 0 Å². The maximum absolute atomic E-state index is 3.92. The molecule has 94 valence electrons. The summed E-state index contributed by atoms with van der Waals surface area (Å²) in [5.74, 6) is 0. The molecule has 1 aromatic carbocycles. The quantitative estimate of drug-likeness (QED) is 0.868. The summed E-state index contributed by atoms with van der Waals surface area (Å²) < 4.78 is 0. The average molecular weight is 242 g/mol. The summed E-state index contributed by atoms with van der Waals surface area (Å²) in [7, 11) is 2.17. The van der Waals surface area contributed by atoms with Gasteiger partial charge in [-0.3, -0.25) is 5.10 Å². The number of aromatic amines is 1. The highest BCUT2D eigenvalue weighted by molar-refractivity contribution is 5.56. The van der Waals surface area contributed by atoms with Crippen LogP contribution in [0.3, 0.4) is 0 Å². The lowest BCUT2D eigenvalue weighted by Gasteiger charge is -2.27. The predicted octanol–water partition coefficient (Wildman–Crippen LogP) is 2.40. The lowest BCUT2D eigenvalue weighted by Crippen LogP contribution is -2.24. The first-order chi connectivity index (χ1) is 8.83. The summed E-state index contributed by atoms with van der Waals surface area (Å²) in [4.78, 5) is 2.34. The largest absolute Gasteiger partial charge is 0.378 e. The normalized spacial score (nSPS) is 14.4. The molecule has 18 heavy (non-hydrogen) atoms. The summed E-state index contributed by atoms with van der Waals surface area (Å²) in [5.41, 5.74) is 5.21. The standard InChI is InChI=1S/C14H18N4/c1-18-6-2-3-12-7-11(4-5-14(12)18)8-15-13-9-16-17-10-13/h4-5,7,9-10,15H,2-3,6,8H2,1H3,(H,16,17). The molecular formula is C14H18N4. The van der Waals surface area contributed by atoms with Crippen LogP contribution in [0.15, 0.2) is 30.6 Å². The van der Waals surface area contributed by atoms with Gasteiger partial charge in [0.15, 0.2) is 0 Å². The molecule has 2 N–H and O–H groups in total. The van der Waals surface area contributed by atoms with E-state index in [0.717, 1.165) is 12.2 Å². The van der Waals surface area contributed by atoms with Crippen LogP contribution in [0.4, 0.5) is 11.4 Å². The number of hydrogen-bond donors (Lipinski definition) is 2. The van der Waals surface area contributed by atoms with Crippen LogP contribution in [-0.2, 0) is 13.0 Å². The zero-order valence-corrected chi connectivity index (χ0v) is 10.6. The van der Waals surface area contributed by atoms with E-state index in [9.17, 15) is 0 Å². The molecule has 1 aliphatic heterocycles. The molecule has 4 nitrogen and oxygen atoms in total. The fraction of sp³-hybridized carbons (Fsp3) is 0.357. The van der Waals surface area contributed by atoms with Crippen molar-refractivity contribution in [2.45, 2.75) is 19.4 Å². The number of hydrogen-bond acceptors (Lipinski definition) is 3. The molecule has 0 unspecified atom stereocenters. The van der Waals surface area contributed by atoms with Crippen molar-refractivity contribution in [2.24, 2.45) is 0 Å². The number of aryl methyl sites for hydroxylation is 1. The van der Waals surface area contributed by atoms with E-state index < -0.39 is 0 Å². The third-order valence-corrected chi connectivity index (χ3v) is 3.49. The highest BCUT2D eigenvalue weighted by atomic mass is 15.1. The van der Waals surface area contributed by atoms with Crippen molar-refractivity contribution in [3.8, 4) is 0 Å². The number of H-pyrrole nitrogens is 1. The van der Waals surface area contributed by atoms with Crippen LogP contribution in [0.2, 0.25) is 0 Å². The van der Waals surface area contributed by atoms with Crippen molar-refractivity contribution >= 4 is 11.4 Å². The number of anilines is 2. The number of fused-ring (bicyclic) bond motifs is 1. The SMILES string of the molecule is CN1CCCc2cc(CNc3cn[nH]c3)ccc21. The highest BCUT2D eigenvalue weighted by Crippen LogP contribution is 2.26. The van der Waals surface area contributed by atoms with E-state index in [0.29, 0.717) is 0 Å². The zero-order chi connectivity index (χ0) is 12.4. The van der Waals surface area contributed by atoms with E-state index in [2.05, 4.69) is 45.7 Å². The van der Waals surface area contributed by atoms with Crippen LogP contribution < -0.4 is 10.2 Å². The monoisotopic (exact) mass is 242 g/mol. The molecule has 1 aliphatic rings. The maximum atomic E-state index is 3.92. The number of aromatic nitrogens is 2. The van der Waals surface area contributed by atoms with Gasteiger partial charge in [0.1, 0.15) is 0 Å². The summed E-state index contributed by atoms with van der Waals surface area (Å²) in [5, 5.41) is 10.1. The van der Waals surface area contributed by atoms with Crippen LogP contribution >= 0.6 is 0 Å². The Morgan fingerprint density at radius 2 is 2.39 bits per heavy atom. The van der Waals surface area contributed by atoms with Crippen LogP contribution in [0.5, 0.6) is 0 Å². The molecule has 4 heteroatoms. The van der Waals surface area contributed by atoms with Gasteiger partial charge < -0.3 is 10.2 Å². The Bertz CT molecular complexity index is 519. The molecule has 0 aliphatic carbocycles. The minimum Gasteiger partial charge on any atom is -0.378 e. The van der Waals surface area contributed by atoms with E-state index >= 15 is 0 Å². The van der Waals surface area contributed by atoms with Crippen molar-refractivity contribution < 1.29 is 0 Å². The minimum absolute atomic E-state index is 0.844. The van der Waals surface area contributed by atoms with Crippen molar-refractivity contribution in [1.29, 1.82) is 0 Å². The van der Waals surface area contributed by atoms with Crippen LogP contribution in [0.25, 0.3) is 0 Å². The lowest BCUT2D eigenvalue weighted by molar-refractivity contribution is 0.743. The predicted molar refractivity (Wildman–Crippen MR) is 73.9 cm³/mol. The van der Waals surface area contributed by atoms with Crippen LogP contribution in [-0.4, -0.2) is 23.8 Å². The Hall–Kier alpha value is -1.97.